The Kier molecular flexibility index (Phi) is 3.30. The average molecular weight is 274 g/mol. The predicted octanol–water partition coefficient (Wildman–Crippen LogP) is 2.34. The molecule has 0 radical (unpaired) electrons. The quantitative estimate of drug-likeness (QED) is 0.861. The molecule has 0 atom stereocenters. The predicted molar refractivity (Wildman–Crippen MR) is 73.7 cm³/mol. The summed E-state index contributed by atoms with van der Waals surface area (Å²) < 4.78 is 6.51. The second kappa shape index (κ2) is 5.11. The molecule has 1 saturated carbocycles. The van der Waals surface area contributed by atoms with Crippen LogP contribution in [0.5, 0.6) is 0 Å². The summed E-state index contributed by atoms with van der Waals surface area (Å²) in [5.41, 5.74) is 1.59. The van der Waals surface area contributed by atoms with E-state index in [4.69, 9.17) is 4.52 Å². The van der Waals surface area contributed by atoms with Crippen molar-refractivity contribution in [1.82, 2.24) is 14.9 Å². The van der Waals surface area contributed by atoms with E-state index in [0.29, 0.717) is 17.3 Å². The third-order valence-electron chi connectivity index (χ3n) is 3.90. The van der Waals surface area contributed by atoms with Crippen LogP contribution in [0, 0.1) is 0 Å². The van der Waals surface area contributed by atoms with Crippen LogP contribution in [-0.2, 0) is 7.05 Å². The molecular weight excluding hydrogens is 256 g/mol. The summed E-state index contributed by atoms with van der Waals surface area (Å²) in [6.07, 6.45) is 7.92. The van der Waals surface area contributed by atoms with Crippen molar-refractivity contribution in [2.24, 2.45) is 7.05 Å². The number of rotatable bonds is 3. The van der Waals surface area contributed by atoms with Crippen molar-refractivity contribution in [3.63, 3.8) is 0 Å². The van der Waals surface area contributed by atoms with Gasteiger partial charge in [-0.15, -0.1) is 0 Å². The molecule has 0 saturated heterocycles. The molecule has 1 aliphatic carbocycles. The minimum atomic E-state index is -0.0890. The fraction of sp³-hybridized carbons (Fsp3) is 0.500. The van der Waals surface area contributed by atoms with Crippen LogP contribution in [0.4, 0.5) is 5.82 Å². The summed E-state index contributed by atoms with van der Waals surface area (Å²) >= 11 is 0. The van der Waals surface area contributed by atoms with Gasteiger partial charge in [0.1, 0.15) is 6.26 Å². The summed E-state index contributed by atoms with van der Waals surface area (Å²) in [5.74, 6) is 0.825. The van der Waals surface area contributed by atoms with Crippen molar-refractivity contribution in [3.05, 3.63) is 29.8 Å². The zero-order valence-corrected chi connectivity index (χ0v) is 11.7. The summed E-state index contributed by atoms with van der Waals surface area (Å²) in [6.45, 7) is 0. The second-order valence-electron chi connectivity index (χ2n) is 5.30. The molecular formula is C14H18N4O2. The smallest absolute Gasteiger partial charge is 0.262 e. The van der Waals surface area contributed by atoms with E-state index in [0.717, 1.165) is 18.5 Å². The van der Waals surface area contributed by atoms with Gasteiger partial charge in [0.2, 0.25) is 0 Å². The van der Waals surface area contributed by atoms with Gasteiger partial charge in [0.05, 0.1) is 11.3 Å². The first-order valence-corrected chi connectivity index (χ1v) is 6.89. The van der Waals surface area contributed by atoms with Gasteiger partial charge in [0.25, 0.3) is 5.91 Å². The first-order valence-electron chi connectivity index (χ1n) is 6.89. The number of amides is 1. The van der Waals surface area contributed by atoms with E-state index < -0.39 is 0 Å². The highest BCUT2D eigenvalue weighted by Crippen LogP contribution is 2.35. The van der Waals surface area contributed by atoms with Gasteiger partial charge in [-0.05, 0) is 12.8 Å². The molecule has 1 fully saturated rings. The molecule has 0 N–H and O–H groups in total. The Morgan fingerprint density at radius 1 is 1.45 bits per heavy atom. The standard InChI is InChI=1S/C14H18N4O2/c1-17-9-11(13(15-17)10-5-3-4-6-10)14(19)18(2)12-7-8-20-16-12/h7-10H,3-6H2,1-2H3. The lowest BCUT2D eigenvalue weighted by atomic mass is 10.00. The van der Waals surface area contributed by atoms with Crippen LogP contribution in [0.1, 0.15) is 47.7 Å². The highest BCUT2D eigenvalue weighted by atomic mass is 16.5. The fourth-order valence-corrected chi connectivity index (χ4v) is 2.84. The number of anilines is 1. The first-order chi connectivity index (χ1) is 9.66. The molecule has 0 aliphatic heterocycles. The lowest BCUT2D eigenvalue weighted by molar-refractivity contribution is 0.0990. The highest BCUT2D eigenvalue weighted by Gasteiger charge is 2.28. The molecule has 3 rings (SSSR count). The Balaban J connectivity index is 1.91. The van der Waals surface area contributed by atoms with E-state index in [-0.39, 0.29) is 5.91 Å². The van der Waals surface area contributed by atoms with E-state index in [1.807, 2.05) is 7.05 Å². The molecule has 1 aliphatic rings. The highest BCUT2D eigenvalue weighted by molar-refractivity contribution is 6.05. The average Bonchev–Trinajstić information content (AvgIpc) is 3.17. The van der Waals surface area contributed by atoms with Crippen molar-refractivity contribution in [1.29, 1.82) is 0 Å². The number of aryl methyl sites for hydroxylation is 1. The Labute approximate surface area is 117 Å². The summed E-state index contributed by atoms with van der Waals surface area (Å²) in [7, 11) is 3.55. The molecule has 0 spiro atoms. The maximum absolute atomic E-state index is 12.6. The van der Waals surface area contributed by atoms with Crippen LogP contribution < -0.4 is 4.90 Å². The number of nitrogens with zero attached hydrogens (tertiary/aromatic N) is 4. The van der Waals surface area contributed by atoms with Gasteiger partial charge in [-0.2, -0.15) is 5.10 Å². The van der Waals surface area contributed by atoms with Gasteiger partial charge < -0.3 is 4.52 Å². The molecule has 0 bridgehead atoms. The number of carbonyl (C=O) groups excluding carboxylic acids is 1. The van der Waals surface area contributed by atoms with Gasteiger partial charge in [-0.3, -0.25) is 14.4 Å². The van der Waals surface area contributed by atoms with E-state index in [1.54, 1.807) is 24.0 Å². The molecule has 0 unspecified atom stereocenters. The zero-order chi connectivity index (χ0) is 14.1. The van der Waals surface area contributed by atoms with E-state index in [2.05, 4.69) is 10.3 Å². The van der Waals surface area contributed by atoms with Crippen molar-refractivity contribution in [3.8, 4) is 0 Å². The Hall–Kier alpha value is -2.11. The largest absolute Gasteiger partial charge is 0.363 e. The Bertz CT molecular complexity index is 597. The molecule has 2 aromatic rings. The first kappa shape index (κ1) is 12.9. The zero-order valence-electron chi connectivity index (χ0n) is 11.7. The molecule has 1 amide bonds. The van der Waals surface area contributed by atoms with Crippen LogP contribution in [0.3, 0.4) is 0 Å². The van der Waals surface area contributed by atoms with Gasteiger partial charge in [0, 0.05) is 32.3 Å². The molecule has 20 heavy (non-hydrogen) atoms. The summed E-state index contributed by atoms with van der Waals surface area (Å²) in [4.78, 5) is 14.1. The monoisotopic (exact) mass is 274 g/mol. The lowest BCUT2D eigenvalue weighted by Crippen LogP contribution is -2.27. The van der Waals surface area contributed by atoms with Gasteiger partial charge in [-0.25, -0.2) is 0 Å². The number of hydrogen-bond acceptors (Lipinski definition) is 4. The molecule has 6 nitrogen and oxygen atoms in total. The third-order valence-corrected chi connectivity index (χ3v) is 3.90. The second-order valence-corrected chi connectivity index (χ2v) is 5.30. The Morgan fingerprint density at radius 3 is 2.85 bits per heavy atom. The molecule has 6 heteroatoms. The topological polar surface area (TPSA) is 64.2 Å². The van der Waals surface area contributed by atoms with E-state index >= 15 is 0 Å². The van der Waals surface area contributed by atoms with Crippen LogP contribution in [0.15, 0.2) is 23.0 Å². The van der Waals surface area contributed by atoms with Crippen LogP contribution in [-0.4, -0.2) is 27.9 Å². The van der Waals surface area contributed by atoms with E-state index in [1.165, 1.54) is 24.0 Å². The van der Waals surface area contributed by atoms with Crippen molar-refractivity contribution in [2.45, 2.75) is 31.6 Å². The van der Waals surface area contributed by atoms with Crippen LogP contribution in [0.25, 0.3) is 0 Å². The van der Waals surface area contributed by atoms with Gasteiger partial charge in [0.15, 0.2) is 5.82 Å². The number of aromatic nitrogens is 3. The molecule has 0 aromatic carbocycles. The summed E-state index contributed by atoms with van der Waals surface area (Å²) in [5, 5.41) is 8.30. The maximum Gasteiger partial charge on any atom is 0.262 e. The summed E-state index contributed by atoms with van der Waals surface area (Å²) in [6, 6.07) is 1.67. The van der Waals surface area contributed by atoms with Crippen molar-refractivity contribution >= 4 is 11.7 Å². The normalized spacial score (nSPS) is 15.7. The number of carbonyl (C=O) groups is 1. The fourth-order valence-electron chi connectivity index (χ4n) is 2.84. The molecule has 2 heterocycles. The maximum atomic E-state index is 12.6. The van der Waals surface area contributed by atoms with Gasteiger partial charge >= 0.3 is 0 Å². The minimum Gasteiger partial charge on any atom is -0.363 e. The lowest BCUT2D eigenvalue weighted by Gasteiger charge is -2.14. The minimum absolute atomic E-state index is 0.0890. The Morgan fingerprint density at radius 2 is 2.20 bits per heavy atom. The van der Waals surface area contributed by atoms with Crippen LogP contribution in [0.2, 0.25) is 0 Å². The molecule has 106 valence electrons. The molecule has 2 aromatic heterocycles. The SMILES string of the molecule is CN(C(=O)c1cn(C)nc1C1CCCC1)c1ccon1. The van der Waals surface area contributed by atoms with Gasteiger partial charge in [-0.1, -0.05) is 18.0 Å². The van der Waals surface area contributed by atoms with Crippen molar-refractivity contribution in [2.75, 3.05) is 11.9 Å². The van der Waals surface area contributed by atoms with E-state index in [9.17, 15) is 4.79 Å². The van der Waals surface area contributed by atoms with Crippen LogP contribution >= 0.6 is 0 Å². The van der Waals surface area contributed by atoms with Crippen molar-refractivity contribution < 1.29 is 9.32 Å². The number of hydrogen-bond donors (Lipinski definition) is 0. The third kappa shape index (κ3) is 2.21.